The summed E-state index contributed by atoms with van der Waals surface area (Å²) in [6, 6.07) is 1.07. The summed E-state index contributed by atoms with van der Waals surface area (Å²) < 4.78 is 33.5. The SMILES string of the molecule is O=S(=O)(O)c1ccoc1Cl.[NaH]. The number of furan rings is 1. The van der Waals surface area contributed by atoms with Crippen molar-refractivity contribution in [2.45, 2.75) is 4.90 Å². The fraction of sp³-hybridized carbons (Fsp3) is 0. The van der Waals surface area contributed by atoms with E-state index in [2.05, 4.69) is 4.42 Å². The van der Waals surface area contributed by atoms with E-state index in [0.717, 1.165) is 12.3 Å². The predicted octanol–water partition coefficient (Wildman–Crippen LogP) is 0.531. The quantitative estimate of drug-likeness (QED) is 0.538. The molecule has 0 saturated carbocycles. The average Bonchev–Trinajstić information content (AvgIpc) is 2.11. The molecule has 1 aromatic heterocycles. The summed E-state index contributed by atoms with van der Waals surface area (Å²) >= 11 is 5.22. The Kier molecular flexibility index (Phi) is 4.10. The fourth-order valence-corrected chi connectivity index (χ4v) is 1.35. The zero-order valence-electron chi connectivity index (χ0n) is 4.61. The van der Waals surface area contributed by atoms with Gasteiger partial charge < -0.3 is 4.42 Å². The summed E-state index contributed by atoms with van der Waals surface area (Å²) in [6.07, 6.45) is 1.07. The van der Waals surface area contributed by atoms with Crippen LogP contribution >= 0.6 is 11.6 Å². The molecule has 4 nitrogen and oxygen atoms in total. The Morgan fingerprint density at radius 3 is 2.27 bits per heavy atom. The third-order valence-electron chi connectivity index (χ3n) is 0.863. The van der Waals surface area contributed by atoms with E-state index >= 15 is 0 Å². The molecule has 0 bridgehead atoms. The van der Waals surface area contributed by atoms with Gasteiger partial charge in [-0.3, -0.25) is 4.55 Å². The van der Waals surface area contributed by atoms with Crippen LogP contribution in [0.15, 0.2) is 21.6 Å². The van der Waals surface area contributed by atoms with Crippen LogP contribution in [0.25, 0.3) is 0 Å². The van der Waals surface area contributed by atoms with E-state index < -0.39 is 15.0 Å². The van der Waals surface area contributed by atoms with Crippen LogP contribution in [-0.4, -0.2) is 42.5 Å². The Bertz CT molecular complexity index is 330. The van der Waals surface area contributed by atoms with Gasteiger partial charge in [0.15, 0.2) is 4.90 Å². The average molecular weight is 207 g/mol. The zero-order valence-corrected chi connectivity index (χ0v) is 6.19. The van der Waals surface area contributed by atoms with Crippen LogP contribution in [-0.2, 0) is 10.1 Å². The molecule has 1 N–H and O–H groups in total. The van der Waals surface area contributed by atoms with Crippen molar-refractivity contribution < 1.29 is 17.4 Å². The third kappa shape index (κ3) is 2.77. The topological polar surface area (TPSA) is 67.5 Å². The van der Waals surface area contributed by atoms with Gasteiger partial charge >= 0.3 is 29.6 Å². The van der Waals surface area contributed by atoms with Gasteiger partial charge in [0.05, 0.1) is 6.26 Å². The molecule has 1 rings (SSSR count). The standard InChI is InChI=1S/C4H3ClO4S.Na.H/c5-4-3(1-2-9-4)10(6,7)8;;/h1-2H,(H,6,7,8);;. The molecule has 0 amide bonds. The predicted molar refractivity (Wildman–Crippen MR) is 40.7 cm³/mol. The van der Waals surface area contributed by atoms with Gasteiger partial charge in [0.1, 0.15) is 0 Å². The van der Waals surface area contributed by atoms with Crippen LogP contribution in [0.1, 0.15) is 0 Å². The second-order valence-corrected chi connectivity index (χ2v) is 3.27. The van der Waals surface area contributed by atoms with Gasteiger partial charge in [-0.15, -0.1) is 0 Å². The summed E-state index contributed by atoms with van der Waals surface area (Å²) in [4.78, 5) is -0.408. The molecule has 0 saturated heterocycles. The molecule has 11 heavy (non-hydrogen) atoms. The normalized spacial score (nSPS) is 10.7. The Labute approximate surface area is 90.6 Å². The molecule has 0 aliphatic heterocycles. The van der Waals surface area contributed by atoms with Crippen LogP contribution in [0.4, 0.5) is 0 Å². The Morgan fingerprint density at radius 2 is 2.09 bits per heavy atom. The van der Waals surface area contributed by atoms with Gasteiger partial charge in [0, 0.05) is 0 Å². The Balaban J connectivity index is 0.000001000. The van der Waals surface area contributed by atoms with E-state index in [9.17, 15) is 8.42 Å². The Hall–Kier alpha value is 0.480. The van der Waals surface area contributed by atoms with E-state index in [4.69, 9.17) is 16.2 Å². The van der Waals surface area contributed by atoms with Crippen molar-refractivity contribution in [1.82, 2.24) is 0 Å². The van der Waals surface area contributed by atoms with Crippen molar-refractivity contribution in [2.24, 2.45) is 0 Å². The Morgan fingerprint density at radius 1 is 1.55 bits per heavy atom. The molecule has 1 heterocycles. The van der Waals surface area contributed by atoms with Crippen LogP contribution in [0.5, 0.6) is 0 Å². The minimum absolute atomic E-state index is 0. The molecule has 58 valence electrons. The molecular formula is C4H4ClNaO4S. The number of hydrogen-bond acceptors (Lipinski definition) is 3. The zero-order chi connectivity index (χ0) is 7.78. The van der Waals surface area contributed by atoms with Gasteiger partial charge in [0.25, 0.3) is 10.1 Å². The van der Waals surface area contributed by atoms with Gasteiger partial charge in [-0.05, 0) is 17.7 Å². The van der Waals surface area contributed by atoms with Gasteiger partial charge in [-0.1, -0.05) is 0 Å². The van der Waals surface area contributed by atoms with E-state index in [1.807, 2.05) is 0 Å². The number of hydrogen-bond donors (Lipinski definition) is 1. The van der Waals surface area contributed by atoms with Crippen LogP contribution in [0.3, 0.4) is 0 Å². The van der Waals surface area contributed by atoms with Crippen molar-refractivity contribution in [2.75, 3.05) is 0 Å². The van der Waals surface area contributed by atoms with Crippen LogP contribution in [0.2, 0.25) is 5.22 Å². The second kappa shape index (κ2) is 3.93. The second-order valence-electron chi connectivity index (χ2n) is 1.53. The molecule has 0 fully saturated rings. The van der Waals surface area contributed by atoms with Crippen LogP contribution in [0, 0.1) is 0 Å². The molecule has 0 aliphatic rings. The summed E-state index contributed by atoms with van der Waals surface area (Å²) in [5, 5.41) is -0.331. The summed E-state index contributed by atoms with van der Waals surface area (Å²) in [6.45, 7) is 0. The molecule has 0 aliphatic carbocycles. The molecule has 0 atom stereocenters. The summed E-state index contributed by atoms with van der Waals surface area (Å²) in [5.41, 5.74) is 0. The van der Waals surface area contributed by atoms with Crippen LogP contribution < -0.4 is 0 Å². The maximum absolute atomic E-state index is 10.3. The maximum atomic E-state index is 10.3. The van der Waals surface area contributed by atoms with Crippen molar-refractivity contribution in [3.63, 3.8) is 0 Å². The third-order valence-corrected chi connectivity index (χ3v) is 2.14. The molecule has 1 aromatic rings. The van der Waals surface area contributed by atoms with E-state index in [1.165, 1.54) is 0 Å². The fourth-order valence-electron chi connectivity index (χ4n) is 0.467. The molecule has 7 heteroatoms. The first kappa shape index (κ1) is 11.5. The van der Waals surface area contributed by atoms with Crippen molar-refractivity contribution in [1.29, 1.82) is 0 Å². The molecule has 0 radical (unpaired) electrons. The molecule has 0 spiro atoms. The van der Waals surface area contributed by atoms with Gasteiger partial charge in [-0.25, -0.2) is 0 Å². The van der Waals surface area contributed by atoms with Crippen molar-refractivity contribution in [3.05, 3.63) is 17.5 Å². The molecular weight excluding hydrogens is 203 g/mol. The van der Waals surface area contributed by atoms with Gasteiger partial charge in [-0.2, -0.15) is 8.42 Å². The van der Waals surface area contributed by atoms with E-state index in [0.29, 0.717) is 0 Å². The minimum atomic E-state index is -4.22. The summed E-state index contributed by atoms with van der Waals surface area (Å²) in [5.74, 6) is 0. The monoisotopic (exact) mass is 206 g/mol. The first-order chi connectivity index (χ1) is 4.52. The van der Waals surface area contributed by atoms with E-state index in [1.54, 1.807) is 0 Å². The first-order valence-corrected chi connectivity index (χ1v) is 4.04. The molecule has 0 unspecified atom stereocenters. The molecule has 0 aromatic carbocycles. The van der Waals surface area contributed by atoms with Crippen molar-refractivity contribution in [3.8, 4) is 0 Å². The number of halogens is 1. The van der Waals surface area contributed by atoms with Crippen molar-refractivity contribution >= 4 is 51.3 Å². The van der Waals surface area contributed by atoms with E-state index in [-0.39, 0.29) is 34.8 Å². The first-order valence-electron chi connectivity index (χ1n) is 2.22. The number of rotatable bonds is 1. The summed E-state index contributed by atoms with van der Waals surface area (Å²) in [7, 11) is -4.22. The van der Waals surface area contributed by atoms with Gasteiger partial charge in [0.2, 0.25) is 5.22 Å².